The second-order valence-corrected chi connectivity index (χ2v) is 10.4. The Morgan fingerprint density at radius 3 is 2.56 bits per heavy atom. The molecule has 43 heavy (non-hydrogen) atoms. The van der Waals surface area contributed by atoms with Gasteiger partial charge in [-0.05, 0) is 49.6 Å². The first-order valence-corrected chi connectivity index (χ1v) is 13.3. The van der Waals surface area contributed by atoms with E-state index < -0.39 is 29.4 Å². The van der Waals surface area contributed by atoms with Gasteiger partial charge in [-0.3, -0.25) is 14.4 Å². The number of aromatic amines is 1. The summed E-state index contributed by atoms with van der Waals surface area (Å²) in [6.07, 6.45) is -4.95. The molecule has 1 fully saturated rings. The molecule has 0 radical (unpaired) electrons. The number of carbonyl (C=O) groups excluding carboxylic acids is 3. The lowest BCUT2D eigenvalue weighted by Gasteiger charge is -2.40. The molecule has 2 aromatic carbocycles. The Bertz CT molecular complexity index is 1670. The van der Waals surface area contributed by atoms with Crippen molar-refractivity contribution in [3.8, 4) is 5.75 Å². The molecule has 1 unspecified atom stereocenters. The number of hydrogen-bond acceptors (Lipinski definition) is 6. The number of alkyl halides is 3. The van der Waals surface area contributed by atoms with Crippen LogP contribution in [-0.2, 0) is 22.4 Å². The Balaban J connectivity index is 1.33. The van der Waals surface area contributed by atoms with Crippen LogP contribution in [0.3, 0.4) is 0 Å². The number of H-pyrrole nitrogens is 1. The first-order valence-electron chi connectivity index (χ1n) is 13.3. The smallest absolute Gasteiger partial charge is 0.491 e. The van der Waals surface area contributed by atoms with Crippen LogP contribution in [-0.4, -0.2) is 71.1 Å². The highest BCUT2D eigenvalue weighted by molar-refractivity contribution is 5.97. The van der Waals surface area contributed by atoms with Crippen molar-refractivity contribution in [2.45, 2.75) is 38.9 Å². The summed E-state index contributed by atoms with van der Waals surface area (Å²) in [7, 11) is 0. The van der Waals surface area contributed by atoms with Crippen LogP contribution in [0.15, 0.2) is 47.3 Å². The van der Waals surface area contributed by atoms with Gasteiger partial charge in [0.1, 0.15) is 29.6 Å². The minimum atomic E-state index is -5.33. The van der Waals surface area contributed by atoms with E-state index in [1.54, 1.807) is 4.90 Å². The van der Waals surface area contributed by atoms with E-state index in [4.69, 9.17) is 4.74 Å². The summed E-state index contributed by atoms with van der Waals surface area (Å²) in [4.78, 5) is 57.7. The van der Waals surface area contributed by atoms with E-state index in [-0.39, 0.29) is 66.0 Å². The zero-order chi connectivity index (χ0) is 31.1. The fourth-order valence-corrected chi connectivity index (χ4v) is 5.17. The minimum Gasteiger partial charge on any atom is -0.491 e. The number of amides is 2. The number of para-hydroxylation sites is 1. The van der Waals surface area contributed by atoms with Gasteiger partial charge in [-0.15, -0.1) is 0 Å². The van der Waals surface area contributed by atoms with Crippen LogP contribution in [0.25, 0.3) is 0 Å². The SMILES string of the molecule is Cc1c(C)c(=O)[nH][n+](OC(=O)C(F)(F)F)c1Cc1ccc(F)c(C(=O)N2CCN(C3COc4ccccc4C3)C(=O)C2)c1. The van der Waals surface area contributed by atoms with Crippen LogP contribution >= 0.6 is 0 Å². The predicted molar refractivity (Wildman–Crippen MR) is 141 cm³/mol. The highest BCUT2D eigenvalue weighted by Gasteiger charge is 2.46. The van der Waals surface area contributed by atoms with Crippen LogP contribution < -0.4 is 20.0 Å². The van der Waals surface area contributed by atoms with Crippen molar-refractivity contribution in [2.24, 2.45) is 0 Å². The molecule has 0 spiro atoms. The van der Waals surface area contributed by atoms with Crippen LogP contribution in [0.2, 0.25) is 0 Å². The van der Waals surface area contributed by atoms with Gasteiger partial charge in [0.2, 0.25) is 5.91 Å². The summed E-state index contributed by atoms with van der Waals surface area (Å²) in [5, 5.41) is 2.07. The summed E-state index contributed by atoms with van der Waals surface area (Å²) >= 11 is 0. The van der Waals surface area contributed by atoms with Gasteiger partial charge in [0.25, 0.3) is 11.6 Å². The standard InChI is InChI=1S/C29H26F4N4O6/c1-16-17(2)26(39)34-37(43-28(41)29(31,32)33)23(16)12-18-7-8-22(30)21(11-18)27(40)35-9-10-36(25(38)14-35)20-13-19-5-3-4-6-24(19)42-15-20/h3-8,11,20H,9-10,12-15H2,1-2H3/p+1. The summed E-state index contributed by atoms with van der Waals surface area (Å²) in [5.41, 5.74) is 0.499. The first-order chi connectivity index (χ1) is 20.3. The maximum atomic E-state index is 14.9. The summed E-state index contributed by atoms with van der Waals surface area (Å²) in [6, 6.07) is 10.9. The van der Waals surface area contributed by atoms with Gasteiger partial charge < -0.3 is 14.5 Å². The second kappa shape index (κ2) is 11.5. The van der Waals surface area contributed by atoms with Crippen LogP contribution in [0.4, 0.5) is 17.6 Å². The second-order valence-electron chi connectivity index (χ2n) is 10.4. The zero-order valence-electron chi connectivity index (χ0n) is 23.2. The van der Waals surface area contributed by atoms with Crippen molar-refractivity contribution in [1.82, 2.24) is 14.9 Å². The fraction of sp³-hybridized carbons (Fsp3) is 0.345. The first kappa shape index (κ1) is 29.7. The number of aromatic nitrogens is 2. The molecular weight excluding hydrogens is 576 g/mol. The molecule has 2 amide bonds. The van der Waals surface area contributed by atoms with E-state index in [1.165, 1.54) is 30.9 Å². The van der Waals surface area contributed by atoms with Crippen molar-refractivity contribution in [2.75, 3.05) is 26.2 Å². The minimum absolute atomic E-state index is 0.0280. The maximum absolute atomic E-state index is 14.9. The van der Waals surface area contributed by atoms with E-state index in [1.807, 2.05) is 24.3 Å². The number of halogens is 4. The Morgan fingerprint density at radius 1 is 1.09 bits per heavy atom. The molecule has 0 bridgehead atoms. The van der Waals surface area contributed by atoms with E-state index in [0.717, 1.165) is 17.4 Å². The molecule has 0 aliphatic carbocycles. The van der Waals surface area contributed by atoms with Gasteiger partial charge in [0.05, 0.1) is 18.0 Å². The van der Waals surface area contributed by atoms with Gasteiger partial charge in [-0.2, -0.15) is 18.0 Å². The van der Waals surface area contributed by atoms with Crippen molar-refractivity contribution >= 4 is 17.8 Å². The van der Waals surface area contributed by atoms with Crippen molar-refractivity contribution < 1.29 is 46.4 Å². The molecule has 1 aromatic heterocycles. The Labute approximate surface area is 242 Å². The van der Waals surface area contributed by atoms with E-state index >= 15 is 0 Å². The van der Waals surface area contributed by atoms with E-state index in [9.17, 15) is 36.7 Å². The number of benzene rings is 2. The topological polar surface area (TPSA) is 113 Å². The number of nitrogens with zero attached hydrogens (tertiary/aromatic N) is 3. The van der Waals surface area contributed by atoms with Crippen molar-refractivity contribution in [3.63, 3.8) is 0 Å². The van der Waals surface area contributed by atoms with Crippen LogP contribution in [0.5, 0.6) is 5.75 Å². The number of rotatable bonds is 5. The molecule has 0 saturated carbocycles. The Kier molecular flexibility index (Phi) is 7.95. The number of fused-ring (bicyclic) bond motifs is 1. The van der Waals surface area contributed by atoms with Gasteiger partial charge in [-0.25, -0.2) is 9.18 Å². The molecule has 2 aliphatic heterocycles. The molecular formula is C29H27F4N4O6+. The highest BCUT2D eigenvalue weighted by atomic mass is 19.4. The summed E-state index contributed by atoms with van der Waals surface area (Å²) in [5.74, 6) is -3.68. The molecule has 226 valence electrons. The molecule has 2 aliphatic rings. The molecule has 1 atom stereocenters. The number of carbonyl (C=O) groups is 3. The largest absolute Gasteiger partial charge is 0.498 e. The van der Waals surface area contributed by atoms with Gasteiger partial charge in [0, 0.05) is 24.2 Å². The number of hydrogen-bond donors (Lipinski definition) is 1. The molecule has 14 heteroatoms. The maximum Gasteiger partial charge on any atom is 0.498 e. The fourth-order valence-electron chi connectivity index (χ4n) is 5.17. The summed E-state index contributed by atoms with van der Waals surface area (Å²) in [6.45, 7) is 3.30. The molecule has 3 aromatic rings. The normalized spacial score (nSPS) is 16.9. The molecule has 3 heterocycles. The lowest BCUT2D eigenvalue weighted by atomic mass is 10.00. The Morgan fingerprint density at radius 2 is 1.84 bits per heavy atom. The third-order valence-corrected chi connectivity index (χ3v) is 7.67. The molecule has 5 rings (SSSR count). The molecule has 1 saturated heterocycles. The van der Waals surface area contributed by atoms with E-state index in [0.29, 0.717) is 17.9 Å². The highest BCUT2D eigenvalue weighted by Crippen LogP contribution is 2.27. The number of piperazine rings is 1. The lowest BCUT2D eigenvalue weighted by molar-refractivity contribution is -0.921. The monoisotopic (exact) mass is 603 g/mol. The van der Waals surface area contributed by atoms with E-state index in [2.05, 4.69) is 9.94 Å². The van der Waals surface area contributed by atoms with Crippen LogP contribution in [0.1, 0.15) is 38.3 Å². The number of nitrogens with one attached hydrogen (secondary N) is 1. The van der Waals surface area contributed by atoms with Crippen molar-refractivity contribution in [3.05, 3.63) is 92.1 Å². The molecule has 10 nitrogen and oxygen atoms in total. The lowest BCUT2D eigenvalue weighted by Crippen LogP contribution is -2.58. The third-order valence-electron chi connectivity index (χ3n) is 7.67. The van der Waals surface area contributed by atoms with Gasteiger partial charge >= 0.3 is 17.7 Å². The quantitative estimate of drug-likeness (QED) is 0.352. The van der Waals surface area contributed by atoms with Gasteiger partial charge in [0.15, 0.2) is 0 Å². The zero-order valence-corrected chi connectivity index (χ0v) is 23.2. The number of ether oxygens (including phenoxy) is 1. The van der Waals surface area contributed by atoms with Gasteiger partial charge in [-0.1, -0.05) is 29.4 Å². The van der Waals surface area contributed by atoms with Crippen molar-refractivity contribution in [1.29, 1.82) is 0 Å². The summed E-state index contributed by atoms with van der Waals surface area (Å²) < 4.78 is 59.3. The predicted octanol–water partition coefficient (Wildman–Crippen LogP) is 1.81. The Hall–Kier alpha value is -4.75. The van der Waals surface area contributed by atoms with Crippen LogP contribution in [0, 0.1) is 19.7 Å². The average molecular weight is 604 g/mol. The average Bonchev–Trinajstić information content (AvgIpc) is 2.97. The molecule has 1 N–H and O–H groups in total. The third kappa shape index (κ3) is 6.08.